The van der Waals surface area contributed by atoms with Gasteiger partial charge in [-0.15, -0.1) is 0 Å². The first-order chi connectivity index (χ1) is 5.65. The zero-order valence-electron chi connectivity index (χ0n) is 7.03. The maximum absolute atomic E-state index is 13.0. The average Bonchev–Trinajstić information content (AvgIpc) is 2.00. The van der Waals surface area contributed by atoms with Crippen LogP contribution in [0.3, 0.4) is 0 Å². The largest absolute Gasteiger partial charge is 0.492 e. The van der Waals surface area contributed by atoms with Crippen molar-refractivity contribution in [2.24, 2.45) is 0 Å². The minimum Gasteiger partial charge on any atom is -0.492 e. The highest BCUT2D eigenvalue weighted by atomic mass is 35.5. The van der Waals surface area contributed by atoms with Gasteiger partial charge in [0, 0.05) is 0 Å². The van der Waals surface area contributed by atoms with Crippen molar-refractivity contribution in [1.29, 1.82) is 0 Å². The fourth-order valence-corrected chi connectivity index (χ4v) is 1.12. The van der Waals surface area contributed by atoms with Crippen LogP contribution in [0.4, 0.5) is 4.39 Å². The van der Waals surface area contributed by atoms with E-state index >= 15 is 0 Å². The van der Waals surface area contributed by atoms with Crippen molar-refractivity contribution in [3.8, 4) is 5.75 Å². The number of hydrogen-bond acceptors (Lipinski definition) is 1. The topological polar surface area (TPSA) is 9.23 Å². The first-order valence-corrected chi connectivity index (χ1v) is 4.11. The van der Waals surface area contributed by atoms with E-state index in [4.69, 9.17) is 16.3 Å². The molecular weight excluding hydrogens is 179 g/mol. The molecule has 1 nitrogen and oxygen atoms in total. The van der Waals surface area contributed by atoms with Gasteiger partial charge in [-0.25, -0.2) is 4.39 Å². The molecule has 1 aromatic carbocycles. The van der Waals surface area contributed by atoms with Gasteiger partial charge < -0.3 is 4.74 Å². The van der Waals surface area contributed by atoms with Crippen molar-refractivity contribution < 1.29 is 9.13 Å². The molecule has 0 spiro atoms. The van der Waals surface area contributed by atoms with E-state index in [2.05, 4.69) is 0 Å². The van der Waals surface area contributed by atoms with Crippen LogP contribution >= 0.6 is 11.6 Å². The van der Waals surface area contributed by atoms with Crippen molar-refractivity contribution in [2.45, 2.75) is 13.8 Å². The average molecular weight is 189 g/mol. The van der Waals surface area contributed by atoms with Crippen molar-refractivity contribution >= 4 is 11.6 Å². The van der Waals surface area contributed by atoms with E-state index in [9.17, 15) is 4.39 Å². The quantitative estimate of drug-likeness (QED) is 0.693. The van der Waals surface area contributed by atoms with E-state index in [-0.39, 0.29) is 5.02 Å². The van der Waals surface area contributed by atoms with Crippen LogP contribution in [0.25, 0.3) is 0 Å². The van der Waals surface area contributed by atoms with Crippen LogP contribution in [-0.4, -0.2) is 6.61 Å². The first kappa shape index (κ1) is 9.33. The molecule has 3 heteroatoms. The Morgan fingerprint density at radius 2 is 2.17 bits per heavy atom. The molecule has 0 radical (unpaired) electrons. The molecule has 0 aliphatic carbocycles. The molecule has 0 fully saturated rings. The standard InChI is InChI=1S/C9H10ClFO/c1-3-12-8-5-6(2)4-7(11)9(8)10/h4-5H,3H2,1-2H3. The Kier molecular flexibility index (Phi) is 2.93. The van der Waals surface area contributed by atoms with Gasteiger partial charge in [-0.3, -0.25) is 0 Å². The second-order valence-electron chi connectivity index (χ2n) is 2.49. The summed E-state index contributed by atoms with van der Waals surface area (Å²) in [7, 11) is 0. The lowest BCUT2D eigenvalue weighted by molar-refractivity contribution is 0.338. The van der Waals surface area contributed by atoms with Gasteiger partial charge in [-0.1, -0.05) is 11.6 Å². The van der Waals surface area contributed by atoms with Gasteiger partial charge in [0.25, 0.3) is 0 Å². The monoisotopic (exact) mass is 188 g/mol. The second-order valence-corrected chi connectivity index (χ2v) is 2.87. The summed E-state index contributed by atoms with van der Waals surface area (Å²) in [5, 5.41) is 0.0578. The smallest absolute Gasteiger partial charge is 0.145 e. The fraction of sp³-hybridized carbons (Fsp3) is 0.333. The van der Waals surface area contributed by atoms with E-state index < -0.39 is 5.82 Å². The van der Waals surface area contributed by atoms with Crippen LogP contribution in [0.1, 0.15) is 12.5 Å². The zero-order chi connectivity index (χ0) is 9.14. The van der Waals surface area contributed by atoms with Crippen LogP contribution < -0.4 is 4.74 Å². The number of hydrogen-bond donors (Lipinski definition) is 0. The van der Waals surface area contributed by atoms with Gasteiger partial charge in [0.1, 0.15) is 16.6 Å². The summed E-state index contributed by atoms with van der Waals surface area (Å²) >= 11 is 5.64. The van der Waals surface area contributed by atoms with Gasteiger partial charge in [0.15, 0.2) is 0 Å². The molecule has 1 aromatic rings. The number of ether oxygens (including phenoxy) is 1. The van der Waals surface area contributed by atoms with E-state index in [0.717, 1.165) is 5.56 Å². The van der Waals surface area contributed by atoms with E-state index in [0.29, 0.717) is 12.4 Å². The maximum atomic E-state index is 13.0. The Hall–Kier alpha value is -0.760. The third-order valence-corrected chi connectivity index (χ3v) is 1.81. The lowest BCUT2D eigenvalue weighted by Gasteiger charge is -2.06. The predicted octanol–water partition coefficient (Wildman–Crippen LogP) is 3.19. The number of benzene rings is 1. The molecule has 0 saturated heterocycles. The molecule has 12 heavy (non-hydrogen) atoms. The van der Waals surface area contributed by atoms with Crippen molar-refractivity contribution in [3.63, 3.8) is 0 Å². The van der Waals surface area contributed by atoms with Crippen LogP contribution in [0, 0.1) is 12.7 Å². The number of halogens is 2. The van der Waals surface area contributed by atoms with Gasteiger partial charge in [0.2, 0.25) is 0 Å². The zero-order valence-corrected chi connectivity index (χ0v) is 7.78. The summed E-state index contributed by atoms with van der Waals surface area (Å²) in [6.07, 6.45) is 0. The van der Waals surface area contributed by atoms with Gasteiger partial charge in [-0.05, 0) is 31.5 Å². The Labute approximate surface area is 76.1 Å². The normalized spacial score (nSPS) is 10.0. The number of aryl methyl sites for hydroxylation is 1. The molecule has 0 atom stereocenters. The van der Waals surface area contributed by atoms with Crippen molar-refractivity contribution in [2.75, 3.05) is 6.61 Å². The van der Waals surface area contributed by atoms with E-state index in [1.807, 2.05) is 6.92 Å². The molecule has 0 amide bonds. The highest BCUT2D eigenvalue weighted by Gasteiger charge is 2.07. The summed E-state index contributed by atoms with van der Waals surface area (Å²) in [6, 6.07) is 3.10. The summed E-state index contributed by atoms with van der Waals surface area (Å²) in [5.41, 5.74) is 0.806. The molecule has 1 rings (SSSR count). The van der Waals surface area contributed by atoms with Gasteiger partial charge in [0.05, 0.1) is 6.61 Å². The summed E-state index contributed by atoms with van der Waals surface area (Å²) in [4.78, 5) is 0. The second kappa shape index (κ2) is 3.76. The minimum atomic E-state index is -0.430. The summed E-state index contributed by atoms with van der Waals surface area (Å²) in [5.74, 6) is -0.0169. The predicted molar refractivity (Wildman–Crippen MR) is 47.3 cm³/mol. The van der Waals surface area contributed by atoms with Crippen molar-refractivity contribution in [3.05, 3.63) is 28.5 Å². The molecule has 0 aliphatic heterocycles. The first-order valence-electron chi connectivity index (χ1n) is 3.73. The van der Waals surface area contributed by atoms with E-state index in [1.54, 1.807) is 13.0 Å². The Bertz CT molecular complexity index is 286. The SMILES string of the molecule is CCOc1cc(C)cc(F)c1Cl. The molecule has 0 aliphatic rings. The molecular formula is C9H10ClFO. The Morgan fingerprint density at radius 3 is 2.75 bits per heavy atom. The molecule has 0 saturated carbocycles. The maximum Gasteiger partial charge on any atom is 0.145 e. The highest BCUT2D eigenvalue weighted by molar-refractivity contribution is 6.32. The highest BCUT2D eigenvalue weighted by Crippen LogP contribution is 2.28. The molecule has 0 heterocycles. The van der Waals surface area contributed by atoms with Crippen LogP contribution in [0.15, 0.2) is 12.1 Å². The van der Waals surface area contributed by atoms with Crippen molar-refractivity contribution in [1.82, 2.24) is 0 Å². The van der Waals surface area contributed by atoms with Gasteiger partial charge >= 0.3 is 0 Å². The molecule has 0 unspecified atom stereocenters. The molecule has 66 valence electrons. The number of rotatable bonds is 2. The molecule has 0 aromatic heterocycles. The molecule has 0 bridgehead atoms. The fourth-order valence-electron chi connectivity index (χ4n) is 0.953. The Morgan fingerprint density at radius 1 is 1.50 bits per heavy atom. The van der Waals surface area contributed by atoms with Crippen LogP contribution in [0.5, 0.6) is 5.75 Å². The molecule has 0 N–H and O–H groups in total. The minimum absolute atomic E-state index is 0.0578. The summed E-state index contributed by atoms with van der Waals surface area (Å²) in [6.45, 7) is 4.11. The lowest BCUT2D eigenvalue weighted by Crippen LogP contribution is -1.94. The lowest BCUT2D eigenvalue weighted by atomic mass is 10.2. The Balaban J connectivity index is 3.09. The third-order valence-electron chi connectivity index (χ3n) is 1.44. The van der Waals surface area contributed by atoms with E-state index in [1.165, 1.54) is 6.07 Å². The van der Waals surface area contributed by atoms with Crippen LogP contribution in [0.2, 0.25) is 5.02 Å². The summed E-state index contributed by atoms with van der Waals surface area (Å²) < 4.78 is 18.1. The van der Waals surface area contributed by atoms with Crippen LogP contribution in [-0.2, 0) is 0 Å². The van der Waals surface area contributed by atoms with Gasteiger partial charge in [-0.2, -0.15) is 0 Å². The third kappa shape index (κ3) is 1.89.